The molecule has 1 aromatic heterocycles. The van der Waals surface area contributed by atoms with Gasteiger partial charge in [-0.25, -0.2) is 9.78 Å². The maximum absolute atomic E-state index is 10.9. The summed E-state index contributed by atoms with van der Waals surface area (Å²) in [7, 11) is 2.07. The molecule has 5 heteroatoms. The van der Waals surface area contributed by atoms with Gasteiger partial charge in [0.25, 0.3) is 0 Å². The Morgan fingerprint density at radius 1 is 1.12 bits per heavy atom. The first-order valence-electron chi connectivity index (χ1n) is 8.26. The molecule has 1 heterocycles. The van der Waals surface area contributed by atoms with Gasteiger partial charge in [0.1, 0.15) is 0 Å². The summed E-state index contributed by atoms with van der Waals surface area (Å²) in [6.45, 7) is 5.10. The summed E-state index contributed by atoms with van der Waals surface area (Å²) < 4.78 is 0. The second kappa shape index (κ2) is 8.55. The number of hydrogen-bond acceptors (Lipinski definition) is 4. The Balaban J connectivity index is 2.11. The first kappa shape index (κ1) is 18.1. The van der Waals surface area contributed by atoms with Crippen LogP contribution in [0.3, 0.4) is 0 Å². The molecule has 0 spiro atoms. The zero-order valence-corrected chi connectivity index (χ0v) is 14.5. The average Bonchev–Trinajstić information content (AvgIpc) is 2.56. The molecule has 5 nitrogen and oxygen atoms in total. The standard InChI is InChI=1S/C19H25N3O2/c1-14(2)9-10-18(15-7-5-4-6-8-15)22(3)13-16-11-21-17(12-20-16)19(23)24/h4-8,11-12,14,18H,9-10,13H2,1-3H3,(H,23,24). The van der Waals surface area contributed by atoms with E-state index in [2.05, 4.69) is 60.0 Å². The highest BCUT2D eigenvalue weighted by Crippen LogP contribution is 2.27. The number of hydrogen-bond donors (Lipinski definition) is 1. The van der Waals surface area contributed by atoms with Crippen LogP contribution < -0.4 is 0 Å². The third-order valence-corrected chi connectivity index (χ3v) is 4.07. The lowest BCUT2D eigenvalue weighted by Crippen LogP contribution is -2.25. The van der Waals surface area contributed by atoms with E-state index in [4.69, 9.17) is 5.11 Å². The Morgan fingerprint density at radius 2 is 1.83 bits per heavy atom. The monoisotopic (exact) mass is 327 g/mol. The molecule has 0 radical (unpaired) electrons. The maximum atomic E-state index is 10.9. The Bertz CT molecular complexity index is 641. The number of rotatable bonds is 8. The molecule has 1 aromatic carbocycles. The number of aromatic carboxylic acids is 1. The molecular weight excluding hydrogens is 302 g/mol. The zero-order chi connectivity index (χ0) is 17.5. The van der Waals surface area contributed by atoms with Gasteiger partial charge in [-0.3, -0.25) is 9.88 Å². The molecule has 2 rings (SSSR count). The van der Waals surface area contributed by atoms with Crippen molar-refractivity contribution in [3.05, 3.63) is 59.7 Å². The van der Waals surface area contributed by atoms with Crippen molar-refractivity contribution in [2.45, 2.75) is 39.3 Å². The Hall–Kier alpha value is -2.27. The highest BCUT2D eigenvalue weighted by atomic mass is 16.4. The molecule has 0 aliphatic rings. The van der Waals surface area contributed by atoms with Crippen molar-refractivity contribution in [1.29, 1.82) is 0 Å². The number of aromatic nitrogens is 2. The molecule has 0 amide bonds. The summed E-state index contributed by atoms with van der Waals surface area (Å²) in [6.07, 6.45) is 5.08. The Morgan fingerprint density at radius 3 is 2.38 bits per heavy atom. The van der Waals surface area contributed by atoms with Crippen molar-refractivity contribution >= 4 is 5.97 Å². The van der Waals surface area contributed by atoms with Gasteiger partial charge in [0, 0.05) is 12.6 Å². The fourth-order valence-corrected chi connectivity index (χ4v) is 2.72. The van der Waals surface area contributed by atoms with Crippen molar-refractivity contribution in [3.8, 4) is 0 Å². The summed E-state index contributed by atoms with van der Waals surface area (Å²) in [6, 6.07) is 10.8. The van der Waals surface area contributed by atoms with Crippen LogP contribution in [-0.2, 0) is 6.54 Å². The van der Waals surface area contributed by atoms with Crippen LogP contribution in [0.1, 0.15) is 54.5 Å². The molecule has 0 fully saturated rings. The van der Waals surface area contributed by atoms with Gasteiger partial charge in [0.2, 0.25) is 0 Å². The normalized spacial score (nSPS) is 12.5. The second-order valence-corrected chi connectivity index (χ2v) is 6.51. The summed E-state index contributed by atoms with van der Waals surface area (Å²) in [4.78, 5) is 21.3. The summed E-state index contributed by atoms with van der Waals surface area (Å²) >= 11 is 0. The van der Waals surface area contributed by atoms with Gasteiger partial charge >= 0.3 is 5.97 Å². The van der Waals surface area contributed by atoms with E-state index in [9.17, 15) is 4.79 Å². The van der Waals surface area contributed by atoms with E-state index < -0.39 is 5.97 Å². The lowest BCUT2D eigenvalue weighted by Gasteiger charge is -2.29. The third-order valence-electron chi connectivity index (χ3n) is 4.07. The number of benzene rings is 1. The largest absolute Gasteiger partial charge is 0.476 e. The van der Waals surface area contributed by atoms with Gasteiger partial charge in [0.05, 0.1) is 18.1 Å². The average molecular weight is 327 g/mol. The van der Waals surface area contributed by atoms with Crippen LogP contribution in [0.4, 0.5) is 0 Å². The predicted octanol–water partition coefficient (Wildman–Crippen LogP) is 3.78. The van der Waals surface area contributed by atoms with Crippen molar-refractivity contribution in [2.75, 3.05) is 7.05 Å². The lowest BCUT2D eigenvalue weighted by molar-refractivity contribution is 0.0690. The molecular formula is C19H25N3O2. The van der Waals surface area contributed by atoms with Crippen LogP contribution >= 0.6 is 0 Å². The van der Waals surface area contributed by atoms with Crippen LogP contribution in [-0.4, -0.2) is 33.0 Å². The predicted molar refractivity (Wildman–Crippen MR) is 93.7 cm³/mol. The molecule has 24 heavy (non-hydrogen) atoms. The van der Waals surface area contributed by atoms with Gasteiger partial charge in [-0.2, -0.15) is 0 Å². The van der Waals surface area contributed by atoms with E-state index in [0.29, 0.717) is 18.5 Å². The summed E-state index contributed by atoms with van der Waals surface area (Å²) in [5.74, 6) is -0.402. The van der Waals surface area contributed by atoms with Crippen LogP contribution in [0.5, 0.6) is 0 Å². The lowest BCUT2D eigenvalue weighted by atomic mass is 9.96. The topological polar surface area (TPSA) is 66.3 Å². The van der Waals surface area contributed by atoms with E-state index in [1.54, 1.807) is 6.20 Å². The molecule has 2 aromatic rings. The van der Waals surface area contributed by atoms with Gasteiger partial charge in [-0.05, 0) is 31.4 Å². The van der Waals surface area contributed by atoms with Gasteiger partial charge in [0.15, 0.2) is 5.69 Å². The van der Waals surface area contributed by atoms with Crippen LogP contribution in [0.2, 0.25) is 0 Å². The molecule has 0 bridgehead atoms. The number of nitrogens with zero attached hydrogens (tertiary/aromatic N) is 3. The third kappa shape index (κ3) is 5.13. The maximum Gasteiger partial charge on any atom is 0.356 e. The molecule has 0 aliphatic carbocycles. The fraction of sp³-hybridized carbons (Fsp3) is 0.421. The van der Waals surface area contributed by atoms with Crippen molar-refractivity contribution in [3.63, 3.8) is 0 Å². The minimum atomic E-state index is -1.05. The van der Waals surface area contributed by atoms with Crippen LogP contribution in [0.25, 0.3) is 0 Å². The number of carbonyl (C=O) groups is 1. The van der Waals surface area contributed by atoms with Gasteiger partial charge in [-0.15, -0.1) is 0 Å². The second-order valence-electron chi connectivity index (χ2n) is 6.51. The minimum Gasteiger partial charge on any atom is -0.476 e. The van der Waals surface area contributed by atoms with Crippen molar-refractivity contribution in [1.82, 2.24) is 14.9 Å². The smallest absolute Gasteiger partial charge is 0.356 e. The Kier molecular flexibility index (Phi) is 6.44. The van der Waals surface area contributed by atoms with E-state index in [1.807, 2.05) is 6.07 Å². The van der Waals surface area contributed by atoms with E-state index in [0.717, 1.165) is 18.5 Å². The molecule has 0 saturated carbocycles. The van der Waals surface area contributed by atoms with Crippen LogP contribution in [0.15, 0.2) is 42.7 Å². The molecule has 128 valence electrons. The summed E-state index contributed by atoms with van der Waals surface area (Å²) in [5, 5.41) is 8.90. The number of carboxylic acids is 1. The molecule has 1 unspecified atom stereocenters. The molecule has 1 atom stereocenters. The summed E-state index contributed by atoms with van der Waals surface area (Å²) in [5.41, 5.74) is 2.03. The zero-order valence-electron chi connectivity index (χ0n) is 14.5. The molecule has 0 aliphatic heterocycles. The molecule has 0 saturated heterocycles. The van der Waals surface area contributed by atoms with E-state index >= 15 is 0 Å². The minimum absolute atomic E-state index is 0.0270. The van der Waals surface area contributed by atoms with Gasteiger partial charge < -0.3 is 5.11 Å². The van der Waals surface area contributed by atoms with Crippen molar-refractivity contribution in [2.24, 2.45) is 5.92 Å². The molecule has 1 N–H and O–H groups in total. The van der Waals surface area contributed by atoms with E-state index in [-0.39, 0.29) is 5.69 Å². The highest BCUT2D eigenvalue weighted by molar-refractivity contribution is 5.84. The van der Waals surface area contributed by atoms with Gasteiger partial charge in [-0.1, -0.05) is 44.2 Å². The highest BCUT2D eigenvalue weighted by Gasteiger charge is 2.18. The Labute approximate surface area is 143 Å². The van der Waals surface area contributed by atoms with E-state index in [1.165, 1.54) is 11.8 Å². The number of carboxylic acid groups (broad SMARTS) is 1. The quantitative estimate of drug-likeness (QED) is 0.799. The fourth-order valence-electron chi connectivity index (χ4n) is 2.72. The van der Waals surface area contributed by atoms with Crippen LogP contribution in [0, 0.1) is 5.92 Å². The SMILES string of the molecule is CC(C)CCC(c1ccccc1)N(C)Cc1cnc(C(=O)O)cn1. The first-order valence-corrected chi connectivity index (χ1v) is 8.26. The first-order chi connectivity index (χ1) is 11.5. The van der Waals surface area contributed by atoms with Crippen molar-refractivity contribution < 1.29 is 9.90 Å².